The summed E-state index contributed by atoms with van der Waals surface area (Å²) in [5.41, 5.74) is 0.702. The second-order valence-corrected chi connectivity index (χ2v) is 7.98. The number of rotatable bonds is 10. The predicted octanol–water partition coefficient (Wildman–Crippen LogP) is 4.39. The molecule has 156 valence electrons. The molecular formula is C22H27NO5S. The van der Waals surface area contributed by atoms with Crippen molar-refractivity contribution in [2.24, 2.45) is 0 Å². The van der Waals surface area contributed by atoms with Crippen LogP contribution in [0, 0.1) is 0 Å². The lowest BCUT2D eigenvalue weighted by Gasteiger charge is -2.19. The first-order valence-corrected chi connectivity index (χ1v) is 10.9. The van der Waals surface area contributed by atoms with E-state index in [1.807, 2.05) is 43.3 Å². The van der Waals surface area contributed by atoms with Crippen LogP contribution in [0.1, 0.15) is 20.3 Å². The minimum absolute atomic E-state index is 0.0518. The average Bonchev–Trinajstić information content (AvgIpc) is 2.75. The van der Waals surface area contributed by atoms with E-state index in [4.69, 9.17) is 18.9 Å². The molecule has 0 spiro atoms. The van der Waals surface area contributed by atoms with Gasteiger partial charge in [0.1, 0.15) is 24.7 Å². The minimum atomic E-state index is -0.198. The maximum absolute atomic E-state index is 12.4. The van der Waals surface area contributed by atoms with Gasteiger partial charge in [0.05, 0.1) is 18.5 Å². The van der Waals surface area contributed by atoms with E-state index >= 15 is 0 Å². The van der Waals surface area contributed by atoms with Gasteiger partial charge in [0.25, 0.3) is 0 Å². The number of amides is 1. The van der Waals surface area contributed by atoms with Crippen molar-refractivity contribution in [2.75, 3.05) is 37.5 Å². The molecule has 1 aliphatic heterocycles. The monoisotopic (exact) mass is 417 g/mol. The van der Waals surface area contributed by atoms with Gasteiger partial charge in [-0.2, -0.15) is 0 Å². The molecule has 2 aromatic carbocycles. The average molecular weight is 418 g/mol. The van der Waals surface area contributed by atoms with E-state index in [2.05, 4.69) is 12.2 Å². The molecule has 1 atom stereocenters. The van der Waals surface area contributed by atoms with Crippen molar-refractivity contribution >= 4 is 23.4 Å². The topological polar surface area (TPSA) is 66.0 Å². The van der Waals surface area contributed by atoms with E-state index in [1.54, 1.807) is 17.8 Å². The predicted molar refractivity (Wildman–Crippen MR) is 116 cm³/mol. The van der Waals surface area contributed by atoms with E-state index in [9.17, 15) is 4.79 Å². The Morgan fingerprint density at radius 3 is 2.38 bits per heavy atom. The Balaban J connectivity index is 1.38. The maximum atomic E-state index is 12.4. The van der Waals surface area contributed by atoms with Crippen LogP contribution in [0.2, 0.25) is 0 Å². The number of nitrogens with one attached hydrogen (secondary N) is 1. The zero-order valence-corrected chi connectivity index (χ0v) is 17.6. The van der Waals surface area contributed by atoms with Crippen LogP contribution < -0.4 is 24.3 Å². The fourth-order valence-electron chi connectivity index (χ4n) is 2.68. The zero-order chi connectivity index (χ0) is 20.5. The number of hydrogen-bond donors (Lipinski definition) is 1. The Labute approximate surface area is 175 Å². The van der Waals surface area contributed by atoms with Gasteiger partial charge in [-0.3, -0.25) is 4.79 Å². The molecule has 7 heteroatoms. The van der Waals surface area contributed by atoms with Gasteiger partial charge in [0, 0.05) is 17.5 Å². The maximum Gasteiger partial charge on any atom is 0.237 e. The number of thioether (sulfide) groups is 1. The second-order valence-electron chi connectivity index (χ2n) is 6.53. The summed E-state index contributed by atoms with van der Waals surface area (Å²) >= 11 is 1.55. The third kappa shape index (κ3) is 6.49. The number of carbonyl (C=O) groups excluding carboxylic acids is 1. The molecule has 0 saturated heterocycles. The van der Waals surface area contributed by atoms with E-state index in [0.29, 0.717) is 49.4 Å². The van der Waals surface area contributed by atoms with Gasteiger partial charge < -0.3 is 24.3 Å². The standard InChI is InChI=1S/C22H27NO5S/c1-3-10-25-18-5-7-19(8-6-18)26-13-14-29-16(2)22(24)23-17-4-9-20-21(15-17)28-12-11-27-20/h4-9,15-16H,3,10-14H2,1-2H3,(H,23,24). The highest BCUT2D eigenvalue weighted by atomic mass is 32.2. The number of carbonyl (C=O) groups is 1. The number of anilines is 1. The molecule has 2 aromatic rings. The molecule has 1 heterocycles. The van der Waals surface area contributed by atoms with Gasteiger partial charge in [-0.15, -0.1) is 11.8 Å². The molecule has 0 aliphatic carbocycles. The van der Waals surface area contributed by atoms with Crippen molar-refractivity contribution < 1.29 is 23.7 Å². The molecule has 29 heavy (non-hydrogen) atoms. The zero-order valence-electron chi connectivity index (χ0n) is 16.8. The molecule has 0 radical (unpaired) electrons. The normalized spacial score (nSPS) is 13.4. The highest BCUT2D eigenvalue weighted by molar-refractivity contribution is 8.00. The SMILES string of the molecule is CCCOc1ccc(OCCSC(C)C(=O)Nc2ccc3c(c2)OCCO3)cc1. The van der Waals surface area contributed by atoms with Crippen LogP contribution >= 0.6 is 11.8 Å². The minimum Gasteiger partial charge on any atom is -0.494 e. The summed E-state index contributed by atoms with van der Waals surface area (Å²) in [6.07, 6.45) is 0.982. The van der Waals surface area contributed by atoms with Gasteiger partial charge >= 0.3 is 0 Å². The molecule has 0 fully saturated rings. The molecule has 0 bridgehead atoms. The first-order valence-electron chi connectivity index (χ1n) is 9.83. The van der Waals surface area contributed by atoms with Crippen molar-refractivity contribution in [2.45, 2.75) is 25.5 Å². The Bertz CT molecular complexity index is 796. The summed E-state index contributed by atoms with van der Waals surface area (Å²) in [5, 5.41) is 2.73. The number of benzene rings is 2. The van der Waals surface area contributed by atoms with Crippen molar-refractivity contribution in [1.82, 2.24) is 0 Å². The lowest BCUT2D eigenvalue weighted by atomic mass is 10.2. The van der Waals surface area contributed by atoms with Crippen LogP contribution in [0.25, 0.3) is 0 Å². The summed E-state index contributed by atoms with van der Waals surface area (Å²) in [5.74, 6) is 3.67. The molecule has 0 aromatic heterocycles. The highest BCUT2D eigenvalue weighted by Gasteiger charge is 2.16. The van der Waals surface area contributed by atoms with Gasteiger partial charge in [-0.1, -0.05) is 6.92 Å². The largest absolute Gasteiger partial charge is 0.494 e. The fraction of sp³-hybridized carbons (Fsp3) is 0.409. The molecule has 3 rings (SSSR count). The summed E-state index contributed by atoms with van der Waals surface area (Å²) in [6.45, 7) is 6.27. The fourth-order valence-corrected chi connectivity index (χ4v) is 3.42. The van der Waals surface area contributed by atoms with Crippen molar-refractivity contribution in [3.8, 4) is 23.0 Å². The quantitative estimate of drug-likeness (QED) is 0.579. The van der Waals surface area contributed by atoms with Gasteiger partial charge in [-0.05, 0) is 49.7 Å². The van der Waals surface area contributed by atoms with Crippen LogP contribution in [-0.2, 0) is 4.79 Å². The van der Waals surface area contributed by atoms with Crippen LogP contribution in [0.4, 0.5) is 5.69 Å². The van der Waals surface area contributed by atoms with E-state index in [1.165, 1.54) is 0 Å². The third-order valence-electron chi connectivity index (χ3n) is 4.20. The smallest absolute Gasteiger partial charge is 0.237 e. The first kappa shape index (κ1) is 21.2. The van der Waals surface area contributed by atoms with Crippen LogP contribution in [0.3, 0.4) is 0 Å². The van der Waals surface area contributed by atoms with Crippen LogP contribution in [0.5, 0.6) is 23.0 Å². The Hall–Kier alpha value is -2.54. The second kappa shape index (κ2) is 10.9. The first-order chi connectivity index (χ1) is 14.2. The summed E-state index contributed by atoms with van der Waals surface area (Å²) in [6, 6.07) is 13.0. The number of hydrogen-bond acceptors (Lipinski definition) is 6. The molecule has 1 amide bonds. The Morgan fingerprint density at radius 2 is 1.69 bits per heavy atom. The summed E-state index contributed by atoms with van der Waals surface area (Å²) in [4.78, 5) is 12.4. The van der Waals surface area contributed by atoms with Gasteiger partial charge in [0.15, 0.2) is 11.5 Å². The van der Waals surface area contributed by atoms with E-state index in [0.717, 1.165) is 17.9 Å². The highest BCUT2D eigenvalue weighted by Crippen LogP contribution is 2.32. The van der Waals surface area contributed by atoms with Crippen LogP contribution in [-0.4, -0.2) is 43.3 Å². The lowest BCUT2D eigenvalue weighted by molar-refractivity contribution is -0.115. The number of fused-ring (bicyclic) bond motifs is 1. The van der Waals surface area contributed by atoms with E-state index in [-0.39, 0.29) is 11.2 Å². The van der Waals surface area contributed by atoms with Crippen LogP contribution in [0.15, 0.2) is 42.5 Å². The summed E-state index contributed by atoms with van der Waals surface area (Å²) in [7, 11) is 0. The van der Waals surface area contributed by atoms with E-state index < -0.39 is 0 Å². The molecule has 6 nitrogen and oxygen atoms in total. The van der Waals surface area contributed by atoms with Gasteiger partial charge in [-0.25, -0.2) is 0 Å². The lowest BCUT2D eigenvalue weighted by Crippen LogP contribution is -2.23. The Morgan fingerprint density at radius 1 is 1.03 bits per heavy atom. The van der Waals surface area contributed by atoms with Crippen molar-refractivity contribution in [3.63, 3.8) is 0 Å². The van der Waals surface area contributed by atoms with Crippen molar-refractivity contribution in [1.29, 1.82) is 0 Å². The Kier molecular flexibility index (Phi) is 7.93. The molecule has 1 N–H and O–H groups in total. The molecule has 0 saturated carbocycles. The van der Waals surface area contributed by atoms with Crippen molar-refractivity contribution in [3.05, 3.63) is 42.5 Å². The number of ether oxygens (including phenoxy) is 4. The molecular weight excluding hydrogens is 390 g/mol. The summed E-state index contributed by atoms with van der Waals surface area (Å²) < 4.78 is 22.3. The third-order valence-corrected chi connectivity index (χ3v) is 5.31. The molecule has 1 unspecified atom stereocenters. The molecule has 1 aliphatic rings. The van der Waals surface area contributed by atoms with Gasteiger partial charge in [0.2, 0.25) is 5.91 Å².